The van der Waals surface area contributed by atoms with Crippen LogP contribution in [0.15, 0.2) is 0 Å². The molecule has 10 heteroatoms. The molecule has 1 aliphatic rings. The highest BCUT2D eigenvalue weighted by molar-refractivity contribution is 5.77. The standard InChI is InChI=1S/C13H18O10/c1-5(14)20-8-9(21-6(2)15)11(22-7(3)16)13(18)23-10(8)12(17)19-4/h8-11,13,18H,1-4H3/t8-,9-,10-,11+,13+/m0/s1. The van der Waals surface area contributed by atoms with Crippen LogP contribution in [0.2, 0.25) is 0 Å². The van der Waals surface area contributed by atoms with Gasteiger partial charge in [0, 0.05) is 20.8 Å². The molecule has 0 aromatic carbocycles. The fraction of sp³-hybridized carbons (Fsp3) is 0.692. The SMILES string of the molecule is COC(=O)[C@H]1O[C@@H](O)[C@H](OC(C)=O)[C@@H](OC(C)=O)[C@@H]1OC(C)=O. The van der Waals surface area contributed by atoms with Gasteiger partial charge in [-0.05, 0) is 0 Å². The molecule has 0 saturated carbocycles. The van der Waals surface area contributed by atoms with Crippen molar-refractivity contribution in [2.75, 3.05) is 7.11 Å². The van der Waals surface area contributed by atoms with Crippen molar-refractivity contribution in [2.45, 2.75) is 51.5 Å². The molecular weight excluding hydrogens is 316 g/mol. The van der Waals surface area contributed by atoms with Crippen LogP contribution < -0.4 is 0 Å². The molecule has 0 aliphatic carbocycles. The van der Waals surface area contributed by atoms with Gasteiger partial charge < -0.3 is 28.8 Å². The summed E-state index contributed by atoms with van der Waals surface area (Å²) >= 11 is 0. The van der Waals surface area contributed by atoms with Gasteiger partial charge in [-0.3, -0.25) is 14.4 Å². The second-order valence-electron chi connectivity index (χ2n) is 4.69. The molecule has 0 spiro atoms. The van der Waals surface area contributed by atoms with Crippen molar-refractivity contribution in [3.8, 4) is 0 Å². The number of hydrogen-bond acceptors (Lipinski definition) is 10. The molecule has 23 heavy (non-hydrogen) atoms. The van der Waals surface area contributed by atoms with E-state index < -0.39 is 54.6 Å². The van der Waals surface area contributed by atoms with Crippen LogP contribution in [-0.4, -0.2) is 66.8 Å². The number of esters is 4. The highest BCUT2D eigenvalue weighted by atomic mass is 16.7. The van der Waals surface area contributed by atoms with Crippen LogP contribution >= 0.6 is 0 Å². The number of aliphatic hydroxyl groups excluding tert-OH is 1. The Labute approximate surface area is 131 Å². The molecule has 0 aromatic rings. The summed E-state index contributed by atoms with van der Waals surface area (Å²) in [5.74, 6) is -3.37. The van der Waals surface area contributed by atoms with Crippen LogP contribution in [0, 0.1) is 0 Å². The zero-order valence-electron chi connectivity index (χ0n) is 13.0. The minimum Gasteiger partial charge on any atom is -0.467 e. The van der Waals surface area contributed by atoms with Crippen molar-refractivity contribution in [3.05, 3.63) is 0 Å². The summed E-state index contributed by atoms with van der Waals surface area (Å²) in [5, 5.41) is 9.93. The lowest BCUT2D eigenvalue weighted by Crippen LogP contribution is -2.63. The third-order valence-electron chi connectivity index (χ3n) is 2.85. The molecular formula is C13H18O10. The highest BCUT2D eigenvalue weighted by Crippen LogP contribution is 2.28. The summed E-state index contributed by atoms with van der Waals surface area (Å²) in [6.45, 7) is 3.18. The van der Waals surface area contributed by atoms with Crippen LogP contribution in [0.4, 0.5) is 0 Å². The van der Waals surface area contributed by atoms with E-state index in [2.05, 4.69) is 4.74 Å². The Morgan fingerprint density at radius 3 is 1.70 bits per heavy atom. The first-order valence-corrected chi connectivity index (χ1v) is 6.60. The van der Waals surface area contributed by atoms with E-state index in [0.29, 0.717) is 0 Å². The van der Waals surface area contributed by atoms with Gasteiger partial charge >= 0.3 is 23.9 Å². The van der Waals surface area contributed by atoms with Gasteiger partial charge in [-0.2, -0.15) is 0 Å². The van der Waals surface area contributed by atoms with Gasteiger partial charge in [-0.15, -0.1) is 0 Å². The van der Waals surface area contributed by atoms with Gasteiger partial charge in [0.05, 0.1) is 7.11 Å². The number of ether oxygens (including phenoxy) is 5. The van der Waals surface area contributed by atoms with Crippen LogP contribution in [0.3, 0.4) is 0 Å². The zero-order chi connectivity index (χ0) is 17.7. The lowest BCUT2D eigenvalue weighted by atomic mass is 9.98. The maximum absolute atomic E-state index is 11.8. The van der Waals surface area contributed by atoms with Crippen LogP contribution in [0.1, 0.15) is 20.8 Å². The van der Waals surface area contributed by atoms with E-state index in [1.54, 1.807) is 0 Å². The first-order chi connectivity index (χ1) is 10.7. The Hall–Kier alpha value is -2.20. The van der Waals surface area contributed by atoms with Crippen molar-refractivity contribution < 1.29 is 48.0 Å². The monoisotopic (exact) mass is 334 g/mol. The Balaban J connectivity index is 3.21. The smallest absolute Gasteiger partial charge is 0.339 e. The summed E-state index contributed by atoms with van der Waals surface area (Å²) < 4.78 is 24.3. The molecule has 1 saturated heterocycles. The number of carbonyl (C=O) groups is 4. The van der Waals surface area contributed by atoms with E-state index in [1.807, 2.05) is 0 Å². The molecule has 0 bridgehead atoms. The largest absolute Gasteiger partial charge is 0.467 e. The molecule has 1 N–H and O–H groups in total. The van der Waals surface area contributed by atoms with Crippen LogP contribution in [0.25, 0.3) is 0 Å². The summed E-state index contributed by atoms with van der Waals surface area (Å²) in [6, 6.07) is 0. The molecule has 1 rings (SSSR count). The lowest BCUT2D eigenvalue weighted by Gasteiger charge is -2.41. The fourth-order valence-corrected chi connectivity index (χ4v) is 2.10. The minimum absolute atomic E-state index is 0.798. The van der Waals surface area contributed by atoms with Gasteiger partial charge in [-0.25, -0.2) is 4.79 Å². The van der Waals surface area contributed by atoms with Crippen molar-refractivity contribution in [1.82, 2.24) is 0 Å². The molecule has 1 aliphatic heterocycles. The number of rotatable bonds is 4. The average Bonchev–Trinajstić information content (AvgIpc) is 2.43. The number of aliphatic hydroxyl groups is 1. The third kappa shape index (κ3) is 4.89. The Bertz CT molecular complexity index is 487. The quantitative estimate of drug-likeness (QED) is 0.486. The Morgan fingerprint density at radius 2 is 1.26 bits per heavy atom. The molecule has 0 amide bonds. The molecule has 0 aromatic heterocycles. The van der Waals surface area contributed by atoms with Gasteiger partial charge in [0.15, 0.2) is 30.7 Å². The normalized spacial score (nSPS) is 30.0. The number of hydrogen-bond donors (Lipinski definition) is 1. The molecule has 0 unspecified atom stereocenters. The van der Waals surface area contributed by atoms with Gasteiger partial charge in [0.25, 0.3) is 0 Å². The molecule has 10 nitrogen and oxygen atoms in total. The first kappa shape index (κ1) is 18.8. The second kappa shape index (κ2) is 7.88. The van der Waals surface area contributed by atoms with Crippen molar-refractivity contribution in [2.24, 2.45) is 0 Å². The maximum Gasteiger partial charge on any atom is 0.339 e. The minimum atomic E-state index is -1.79. The van der Waals surface area contributed by atoms with Gasteiger partial charge in [0.1, 0.15) is 0 Å². The summed E-state index contributed by atoms with van der Waals surface area (Å²) in [6.07, 6.45) is -7.75. The van der Waals surface area contributed by atoms with E-state index in [1.165, 1.54) is 0 Å². The summed E-state index contributed by atoms with van der Waals surface area (Å²) in [5.41, 5.74) is 0. The van der Waals surface area contributed by atoms with Crippen molar-refractivity contribution in [1.29, 1.82) is 0 Å². The van der Waals surface area contributed by atoms with E-state index in [9.17, 15) is 24.3 Å². The predicted molar refractivity (Wildman–Crippen MR) is 69.6 cm³/mol. The average molecular weight is 334 g/mol. The molecule has 1 fully saturated rings. The van der Waals surface area contributed by atoms with Crippen molar-refractivity contribution >= 4 is 23.9 Å². The van der Waals surface area contributed by atoms with Crippen LogP contribution in [-0.2, 0) is 42.9 Å². The van der Waals surface area contributed by atoms with E-state index in [-0.39, 0.29) is 0 Å². The molecule has 0 radical (unpaired) electrons. The van der Waals surface area contributed by atoms with E-state index >= 15 is 0 Å². The lowest BCUT2D eigenvalue weighted by molar-refractivity contribution is -0.289. The first-order valence-electron chi connectivity index (χ1n) is 6.60. The summed E-state index contributed by atoms with van der Waals surface area (Å²) in [7, 11) is 1.06. The van der Waals surface area contributed by atoms with Gasteiger partial charge in [-0.1, -0.05) is 0 Å². The topological polar surface area (TPSA) is 135 Å². The Kier molecular flexibility index (Phi) is 6.46. The predicted octanol–water partition coefficient (Wildman–Crippen LogP) is -1.33. The number of carbonyl (C=O) groups excluding carboxylic acids is 4. The molecule has 130 valence electrons. The van der Waals surface area contributed by atoms with E-state index in [4.69, 9.17) is 18.9 Å². The molecule has 5 atom stereocenters. The van der Waals surface area contributed by atoms with Gasteiger partial charge in [0.2, 0.25) is 0 Å². The number of methoxy groups -OCH3 is 1. The molecule has 1 heterocycles. The Morgan fingerprint density at radius 1 is 0.826 bits per heavy atom. The second-order valence-corrected chi connectivity index (χ2v) is 4.69. The summed E-state index contributed by atoms with van der Waals surface area (Å²) in [4.78, 5) is 45.5. The third-order valence-corrected chi connectivity index (χ3v) is 2.85. The zero-order valence-corrected chi connectivity index (χ0v) is 13.0. The van der Waals surface area contributed by atoms with Crippen molar-refractivity contribution in [3.63, 3.8) is 0 Å². The highest BCUT2D eigenvalue weighted by Gasteiger charge is 2.54. The van der Waals surface area contributed by atoms with E-state index in [0.717, 1.165) is 27.9 Å². The van der Waals surface area contributed by atoms with Crippen LogP contribution in [0.5, 0.6) is 0 Å². The fourth-order valence-electron chi connectivity index (χ4n) is 2.10. The maximum atomic E-state index is 11.8.